The average molecular weight is 375 g/mol. The van der Waals surface area contributed by atoms with E-state index >= 15 is 0 Å². The van der Waals surface area contributed by atoms with Gasteiger partial charge in [-0.2, -0.15) is 5.26 Å². The topological polar surface area (TPSA) is 96.0 Å². The summed E-state index contributed by atoms with van der Waals surface area (Å²) in [5.41, 5.74) is 2.06. The van der Waals surface area contributed by atoms with E-state index < -0.39 is 10.8 Å². The smallest absolute Gasteiger partial charge is 0.276 e. The van der Waals surface area contributed by atoms with Crippen LogP contribution in [0.15, 0.2) is 66.3 Å². The molecule has 0 saturated heterocycles. The van der Waals surface area contributed by atoms with Crippen LogP contribution in [0.1, 0.15) is 30.9 Å². The van der Waals surface area contributed by atoms with E-state index in [1.54, 1.807) is 30.3 Å². The van der Waals surface area contributed by atoms with Gasteiger partial charge in [-0.15, -0.1) is 0 Å². The Morgan fingerprint density at radius 1 is 1.21 bits per heavy atom. The molecule has 142 valence electrons. The Morgan fingerprint density at radius 3 is 2.57 bits per heavy atom. The molecule has 0 aliphatic carbocycles. The first-order valence-corrected chi connectivity index (χ1v) is 8.97. The van der Waals surface area contributed by atoms with Crippen LogP contribution < -0.4 is 5.32 Å². The number of nitriles is 1. The first-order valence-electron chi connectivity index (χ1n) is 8.97. The SMILES string of the molecule is CCCCc1ccc(NC(=O)/C(C#N)=C/C=C/c2ccccc2[N+](=O)[O-])cc1. The molecule has 6 heteroatoms. The lowest BCUT2D eigenvalue weighted by Crippen LogP contribution is -2.13. The van der Waals surface area contributed by atoms with E-state index in [1.165, 1.54) is 29.9 Å². The van der Waals surface area contributed by atoms with Crippen molar-refractivity contribution in [1.29, 1.82) is 5.26 Å². The summed E-state index contributed by atoms with van der Waals surface area (Å²) in [4.78, 5) is 22.8. The second kappa shape index (κ2) is 10.4. The lowest BCUT2D eigenvalue weighted by molar-refractivity contribution is -0.385. The summed E-state index contributed by atoms with van der Waals surface area (Å²) in [5, 5.41) is 22.9. The molecule has 2 rings (SSSR count). The van der Waals surface area contributed by atoms with E-state index in [1.807, 2.05) is 18.2 Å². The van der Waals surface area contributed by atoms with Gasteiger partial charge in [0.05, 0.1) is 10.5 Å². The maximum absolute atomic E-state index is 12.3. The van der Waals surface area contributed by atoms with E-state index in [9.17, 15) is 20.2 Å². The summed E-state index contributed by atoms with van der Waals surface area (Å²) < 4.78 is 0. The molecule has 0 fully saturated rings. The van der Waals surface area contributed by atoms with Crippen molar-refractivity contribution in [2.75, 3.05) is 5.32 Å². The minimum atomic E-state index is -0.531. The Hall–Kier alpha value is -3.72. The number of unbranched alkanes of at least 4 members (excludes halogenated alkanes) is 1. The molecule has 2 aromatic carbocycles. The average Bonchev–Trinajstić information content (AvgIpc) is 2.70. The number of benzene rings is 2. The molecule has 0 saturated carbocycles. The number of nitro benzene ring substituents is 1. The summed E-state index contributed by atoms with van der Waals surface area (Å²) in [6.45, 7) is 2.13. The van der Waals surface area contributed by atoms with Crippen LogP contribution in [0.4, 0.5) is 11.4 Å². The van der Waals surface area contributed by atoms with Gasteiger partial charge >= 0.3 is 0 Å². The van der Waals surface area contributed by atoms with Crippen molar-refractivity contribution in [3.8, 4) is 6.07 Å². The van der Waals surface area contributed by atoms with E-state index in [2.05, 4.69) is 12.2 Å². The molecule has 0 spiro atoms. The second-order valence-electron chi connectivity index (χ2n) is 6.12. The summed E-state index contributed by atoms with van der Waals surface area (Å²) in [7, 11) is 0. The summed E-state index contributed by atoms with van der Waals surface area (Å²) in [5.74, 6) is -0.531. The molecular weight excluding hydrogens is 354 g/mol. The van der Waals surface area contributed by atoms with Gasteiger partial charge in [0.2, 0.25) is 0 Å². The molecule has 0 bridgehead atoms. The second-order valence-corrected chi connectivity index (χ2v) is 6.12. The van der Waals surface area contributed by atoms with Crippen LogP contribution in [0, 0.1) is 21.4 Å². The van der Waals surface area contributed by atoms with Crippen LogP contribution in [0.3, 0.4) is 0 Å². The molecule has 0 atom stereocenters. The molecule has 0 unspecified atom stereocenters. The van der Waals surface area contributed by atoms with Crippen LogP contribution in [0.25, 0.3) is 6.08 Å². The van der Waals surface area contributed by atoms with E-state index in [4.69, 9.17) is 0 Å². The van der Waals surface area contributed by atoms with Gasteiger partial charge in [-0.05, 0) is 48.8 Å². The van der Waals surface area contributed by atoms with Crippen molar-refractivity contribution >= 4 is 23.4 Å². The highest BCUT2D eigenvalue weighted by Crippen LogP contribution is 2.19. The van der Waals surface area contributed by atoms with Gasteiger partial charge in [0.25, 0.3) is 11.6 Å². The number of aryl methyl sites for hydroxylation is 1. The van der Waals surface area contributed by atoms with Crippen molar-refractivity contribution in [2.24, 2.45) is 0 Å². The minimum absolute atomic E-state index is 0.0433. The predicted octanol–water partition coefficient (Wildman–Crippen LogP) is 5.04. The Bertz CT molecular complexity index is 938. The zero-order valence-electron chi connectivity index (χ0n) is 15.6. The third-order valence-corrected chi connectivity index (χ3v) is 4.07. The van der Waals surface area contributed by atoms with E-state index in [-0.39, 0.29) is 11.3 Å². The Morgan fingerprint density at radius 2 is 1.93 bits per heavy atom. The molecule has 1 N–H and O–H groups in total. The van der Waals surface area contributed by atoms with Crippen LogP contribution in [0.5, 0.6) is 0 Å². The van der Waals surface area contributed by atoms with Gasteiger partial charge in [0, 0.05) is 11.8 Å². The molecule has 6 nitrogen and oxygen atoms in total. The predicted molar refractivity (Wildman–Crippen MR) is 110 cm³/mol. The number of rotatable bonds is 8. The lowest BCUT2D eigenvalue weighted by Gasteiger charge is -2.05. The third kappa shape index (κ3) is 5.92. The minimum Gasteiger partial charge on any atom is -0.321 e. The number of carbonyl (C=O) groups is 1. The number of nitrogens with zero attached hydrogens (tertiary/aromatic N) is 2. The normalized spacial score (nSPS) is 11.2. The van der Waals surface area contributed by atoms with Crippen molar-refractivity contribution in [1.82, 2.24) is 0 Å². The Kier molecular flexibility index (Phi) is 7.67. The van der Waals surface area contributed by atoms with Crippen molar-refractivity contribution in [3.63, 3.8) is 0 Å². The molecule has 0 aliphatic heterocycles. The standard InChI is InChI=1S/C22H21N3O3/c1-2-3-7-17-12-14-20(15-13-17)24-22(26)19(16-23)10-6-9-18-8-4-5-11-21(18)25(27)28/h4-6,8-15H,2-3,7H2,1H3,(H,24,26)/b9-6+,19-10+. The highest BCUT2D eigenvalue weighted by Gasteiger charge is 2.10. The summed E-state index contributed by atoms with van der Waals surface area (Å²) in [6.07, 6.45) is 7.50. The van der Waals surface area contributed by atoms with Crippen LogP contribution in [-0.4, -0.2) is 10.8 Å². The lowest BCUT2D eigenvalue weighted by atomic mass is 10.1. The van der Waals surface area contributed by atoms with E-state index in [0.717, 1.165) is 19.3 Å². The molecule has 1 amide bonds. The maximum Gasteiger partial charge on any atom is 0.276 e. The van der Waals surface area contributed by atoms with Crippen molar-refractivity contribution in [3.05, 3.63) is 87.5 Å². The molecular formula is C22H21N3O3. The number of hydrogen-bond acceptors (Lipinski definition) is 4. The number of nitro groups is 1. The fourth-order valence-electron chi connectivity index (χ4n) is 2.54. The van der Waals surface area contributed by atoms with Crippen molar-refractivity contribution < 1.29 is 9.72 Å². The third-order valence-electron chi connectivity index (χ3n) is 4.07. The molecule has 0 heterocycles. The van der Waals surface area contributed by atoms with Crippen LogP contribution in [-0.2, 0) is 11.2 Å². The summed E-state index contributed by atoms with van der Waals surface area (Å²) >= 11 is 0. The molecule has 0 aromatic heterocycles. The quantitative estimate of drug-likeness (QED) is 0.230. The fraction of sp³-hybridized carbons (Fsp3) is 0.182. The van der Waals surface area contributed by atoms with Gasteiger partial charge in [-0.3, -0.25) is 14.9 Å². The van der Waals surface area contributed by atoms with Gasteiger partial charge in [-0.25, -0.2) is 0 Å². The number of hydrogen-bond donors (Lipinski definition) is 1. The Balaban J connectivity index is 2.07. The molecule has 0 radical (unpaired) electrons. The maximum atomic E-state index is 12.3. The highest BCUT2D eigenvalue weighted by atomic mass is 16.6. The van der Waals surface area contributed by atoms with Crippen molar-refractivity contribution in [2.45, 2.75) is 26.2 Å². The largest absolute Gasteiger partial charge is 0.321 e. The van der Waals surface area contributed by atoms with Gasteiger partial charge in [0.1, 0.15) is 11.6 Å². The van der Waals surface area contributed by atoms with Crippen LogP contribution >= 0.6 is 0 Å². The number of nitrogens with one attached hydrogen (secondary N) is 1. The zero-order chi connectivity index (χ0) is 20.4. The zero-order valence-corrected chi connectivity index (χ0v) is 15.6. The highest BCUT2D eigenvalue weighted by molar-refractivity contribution is 6.06. The molecule has 2 aromatic rings. The number of carbonyl (C=O) groups excluding carboxylic acids is 1. The fourth-order valence-corrected chi connectivity index (χ4v) is 2.54. The monoisotopic (exact) mass is 375 g/mol. The number of allylic oxidation sites excluding steroid dienone is 2. The first kappa shape index (κ1) is 20.6. The van der Waals surface area contributed by atoms with E-state index in [0.29, 0.717) is 11.3 Å². The van der Waals surface area contributed by atoms with Crippen LogP contribution in [0.2, 0.25) is 0 Å². The number of amides is 1. The van der Waals surface area contributed by atoms with Gasteiger partial charge in [-0.1, -0.05) is 43.7 Å². The molecule has 28 heavy (non-hydrogen) atoms. The van der Waals surface area contributed by atoms with Gasteiger partial charge in [0.15, 0.2) is 0 Å². The first-order chi connectivity index (χ1) is 13.5. The number of anilines is 1. The molecule has 0 aliphatic rings. The Labute approximate surface area is 164 Å². The number of para-hydroxylation sites is 1. The summed E-state index contributed by atoms with van der Waals surface area (Å²) in [6, 6.07) is 15.6. The van der Waals surface area contributed by atoms with Gasteiger partial charge < -0.3 is 5.32 Å².